The summed E-state index contributed by atoms with van der Waals surface area (Å²) in [6, 6.07) is 24.2. The molecule has 4 heteroatoms. The van der Waals surface area contributed by atoms with Crippen LogP contribution in [0, 0.1) is 0 Å². The van der Waals surface area contributed by atoms with Crippen LogP contribution in [-0.4, -0.2) is 32.2 Å². The van der Waals surface area contributed by atoms with Gasteiger partial charge >= 0.3 is 0 Å². The monoisotopic (exact) mass is 430 g/mol. The lowest BCUT2D eigenvalue weighted by Gasteiger charge is -2.32. The zero-order valence-electron chi connectivity index (χ0n) is 19.1. The number of hydrogen-bond acceptors (Lipinski definition) is 3. The first-order chi connectivity index (χ1) is 15.7. The average molecular weight is 431 g/mol. The molecule has 3 aromatic rings. The summed E-state index contributed by atoms with van der Waals surface area (Å²) < 4.78 is 4.99. The molecule has 0 bridgehead atoms. The van der Waals surface area contributed by atoms with Crippen molar-refractivity contribution in [2.24, 2.45) is 0 Å². The second-order valence-electron chi connectivity index (χ2n) is 8.89. The van der Waals surface area contributed by atoms with Crippen molar-refractivity contribution in [2.75, 3.05) is 20.3 Å². The van der Waals surface area contributed by atoms with Crippen molar-refractivity contribution in [1.29, 1.82) is 0 Å². The highest BCUT2D eigenvalue weighted by molar-refractivity contribution is 5.94. The predicted octanol–water partition coefficient (Wildman–Crippen LogP) is 5.59. The molecule has 168 valence electrons. The smallest absolute Gasteiger partial charge is 0.251 e. The van der Waals surface area contributed by atoms with Crippen LogP contribution < -0.4 is 10.6 Å². The van der Waals surface area contributed by atoms with E-state index in [1.165, 1.54) is 41.2 Å². The van der Waals surface area contributed by atoms with Crippen LogP contribution in [0.15, 0.2) is 66.7 Å². The van der Waals surface area contributed by atoms with Gasteiger partial charge in [-0.15, -0.1) is 0 Å². The Morgan fingerprint density at radius 3 is 2.62 bits per heavy atom. The van der Waals surface area contributed by atoms with Gasteiger partial charge in [-0.2, -0.15) is 0 Å². The molecule has 0 saturated heterocycles. The molecule has 32 heavy (non-hydrogen) atoms. The highest BCUT2D eigenvalue weighted by Gasteiger charge is 2.25. The van der Waals surface area contributed by atoms with Crippen LogP contribution in [0.5, 0.6) is 0 Å². The normalized spacial score (nSPS) is 19.6. The fourth-order valence-corrected chi connectivity index (χ4v) is 4.99. The highest BCUT2D eigenvalue weighted by Crippen LogP contribution is 2.34. The maximum atomic E-state index is 12.2. The quantitative estimate of drug-likeness (QED) is 0.458. The van der Waals surface area contributed by atoms with E-state index in [1.807, 2.05) is 12.1 Å². The molecule has 0 spiro atoms. The van der Waals surface area contributed by atoms with E-state index < -0.39 is 0 Å². The summed E-state index contributed by atoms with van der Waals surface area (Å²) in [5, 5.41) is 9.42. The van der Waals surface area contributed by atoms with Gasteiger partial charge in [-0.1, -0.05) is 61.0 Å². The molecule has 1 amide bonds. The largest absolute Gasteiger partial charge is 0.383 e. The number of ether oxygens (including phenoxy) is 1. The first-order valence-corrected chi connectivity index (χ1v) is 11.8. The fourth-order valence-electron chi connectivity index (χ4n) is 4.99. The van der Waals surface area contributed by atoms with Crippen LogP contribution in [0.4, 0.5) is 0 Å². The number of hydrogen-bond donors (Lipinski definition) is 2. The van der Waals surface area contributed by atoms with Gasteiger partial charge in [0.15, 0.2) is 0 Å². The van der Waals surface area contributed by atoms with Crippen LogP contribution in [0.25, 0.3) is 10.8 Å². The number of methoxy groups -OCH3 is 1. The molecular formula is C28H34N2O2. The summed E-state index contributed by atoms with van der Waals surface area (Å²) in [5.41, 5.74) is 3.41. The summed E-state index contributed by atoms with van der Waals surface area (Å²) in [6.45, 7) is 3.34. The van der Waals surface area contributed by atoms with Gasteiger partial charge < -0.3 is 15.4 Å². The molecule has 1 saturated carbocycles. The van der Waals surface area contributed by atoms with Crippen molar-refractivity contribution in [3.05, 3.63) is 83.4 Å². The SMILES string of the molecule is COCCNC(=O)c1ccc(C2CCCC(NC(C)c3cccc4ccccc34)C2)cc1. The topological polar surface area (TPSA) is 50.4 Å². The molecule has 1 aliphatic rings. The van der Waals surface area contributed by atoms with E-state index in [-0.39, 0.29) is 5.91 Å². The van der Waals surface area contributed by atoms with E-state index in [4.69, 9.17) is 4.74 Å². The van der Waals surface area contributed by atoms with Crippen molar-refractivity contribution in [3.8, 4) is 0 Å². The molecular weight excluding hydrogens is 396 g/mol. The Morgan fingerprint density at radius 1 is 1.03 bits per heavy atom. The maximum Gasteiger partial charge on any atom is 0.251 e. The minimum Gasteiger partial charge on any atom is -0.383 e. The molecule has 4 rings (SSSR count). The molecule has 0 heterocycles. The number of benzene rings is 3. The highest BCUT2D eigenvalue weighted by atomic mass is 16.5. The van der Waals surface area contributed by atoms with Gasteiger partial charge in [0.2, 0.25) is 0 Å². The Bertz CT molecular complexity index is 1030. The molecule has 1 fully saturated rings. The Labute approximate surface area is 191 Å². The lowest BCUT2D eigenvalue weighted by Crippen LogP contribution is -2.35. The van der Waals surface area contributed by atoms with E-state index in [1.54, 1.807) is 7.11 Å². The van der Waals surface area contributed by atoms with E-state index in [2.05, 4.69) is 72.2 Å². The van der Waals surface area contributed by atoms with Crippen molar-refractivity contribution in [3.63, 3.8) is 0 Å². The Balaban J connectivity index is 1.38. The lowest BCUT2D eigenvalue weighted by molar-refractivity contribution is 0.0937. The third-order valence-electron chi connectivity index (χ3n) is 6.69. The summed E-state index contributed by atoms with van der Waals surface area (Å²) in [4.78, 5) is 12.2. The molecule has 4 nitrogen and oxygen atoms in total. The zero-order valence-corrected chi connectivity index (χ0v) is 19.1. The van der Waals surface area contributed by atoms with Crippen molar-refractivity contribution in [2.45, 2.75) is 50.6 Å². The van der Waals surface area contributed by atoms with Crippen molar-refractivity contribution >= 4 is 16.7 Å². The molecule has 2 N–H and O–H groups in total. The minimum atomic E-state index is -0.0410. The first-order valence-electron chi connectivity index (χ1n) is 11.8. The second-order valence-corrected chi connectivity index (χ2v) is 8.89. The minimum absolute atomic E-state index is 0.0410. The van der Waals surface area contributed by atoms with Crippen LogP contribution in [0.1, 0.15) is 66.1 Å². The Kier molecular flexibility index (Phi) is 7.56. The fraction of sp³-hybridized carbons (Fsp3) is 0.393. The number of amides is 1. The number of rotatable bonds is 8. The van der Waals surface area contributed by atoms with Crippen LogP contribution in [0.3, 0.4) is 0 Å². The summed E-state index contributed by atoms with van der Waals surface area (Å²) in [5.74, 6) is 0.493. The lowest BCUT2D eigenvalue weighted by atomic mass is 9.80. The number of carbonyl (C=O) groups excluding carboxylic acids is 1. The molecule has 0 aromatic heterocycles. The van der Waals surface area contributed by atoms with Gasteiger partial charge in [-0.3, -0.25) is 4.79 Å². The van der Waals surface area contributed by atoms with E-state index in [9.17, 15) is 4.79 Å². The number of carbonyl (C=O) groups is 1. The van der Waals surface area contributed by atoms with Gasteiger partial charge in [0.1, 0.15) is 0 Å². The number of nitrogens with one attached hydrogen (secondary N) is 2. The Morgan fingerprint density at radius 2 is 1.81 bits per heavy atom. The van der Waals surface area contributed by atoms with Crippen molar-refractivity contribution < 1.29 is 9.53 Å². The second kappa shape index (κ2) is 10.8. The molecule has 3 atom stereocenters. The summed E-state index contributed by atoms with van der Waals surface area (Å²) in [7, 11) is 1.63. The molecule has 3 aromatic carbocycles. The number of fused-ring (bicyclic) bond motifs is 1. The molecule has 0 aliphatic heterocycles. The third kappa shape index (κ3) is 5.37. The van der Waals surface area contributed by atoms with Gasteiger partial charge in [-0.05, 0) is 66.1 Å². The summed E-state index contributed by atoms with van der Waals surface area (Å²) >= 11 is 0. The van der Waals surface area contributed by atoms with Gasteiger partial charge in [0.25, 0.3) is 5.91 Å². The standard InChI is InChI=1S/C28H34N2O2/c1-20(26-12-6-8-22-7-3-4-11-27(22)26)30-25-10-5-9-24(19-25)21-13-15-23(16-14-21)28(31)29-17-18-32-2/h3-4,6-8,11-16,20,24-25,30H,5,9-10,17-19H2,1-2H3,(H,29,31). The first kappa shape index (κ1) is 22.5. The van der Waals surface area contributed by atoms with Gasteiger partial charge in [-0.25, -0.2) is 0 Å². The average Bonchev–Trinajstić information content (AvgIpc) is 2.84. The Hall–Kier alpha value is -2.69. The third-order valence-corrected chi connectivity index (χ3v) is 6.69. The van der Waals surface area contributed by atoms with Gasteiger partial charge in [0.05, 0.1) is 6.61 Å². The van der Waals surface area contributed by atoms with E-state index in [0.29, 0.717) is 36.7 Å². The predicted molar refractivity (Wildman–Crippen MR) is 131 cm³/mol. The zero-order chi connectivity index (χ0) is 22.3. The van der Waals surface area contributed by atoms with E-state index >= 15 is 0 Å². The molecule has 1 aliphatic carbocycles. The van der Waals surface area contributed by atoms with Crippen LogP contribution in [0.2, 0.25) is 0 Å². The molecule has 0 radical (unpaired) electrons. The summed E-state index contributed by atoms with van der Waals surface area (Å²) in [6.07, 6.45) is 4.78. The maximum absolute atomic E-state index is 12.2. The van der Waals surface area contributed by atoms with Crippen LogP contribution in [-0.2, 0) is 4.74 Å². The van der Waals surface area contributed by atoms with Crippen LogP contribution >= 0.6 is 0 Å². The van der Waals surface area contributed by atoms with E-state index in [0.717, 1.165) is 6.42 Å². The van der Waals surface area contributed by atoms with Gasteiger partial charge in [0, 0.05) is 31.3 Å². The molecule has 3 unspecified atom stereocenters. The van der Waals surface area contributed by atoms with Crippen molar-refractivity contribution in [1.82, 2.24) is 10.6 Å².